The van der Waals surface area contributed by atoms with E-state index < -0.39 is 0 Å². The summed E-state index contributed by atoms with van der Waals surface area (Å²) >= 11 is 0. The van der Waals surface area contributed by atoms with Crippen LogP contribution >= 0.6 is 0 Å². The van der Waals surface area contributed by atoms with E-state index >= 15 is 0 Å². The topological polar surface area (TPSA) is 90.8 Å². The quantitative estimate of drug-likeness (QED) is 0.262. The van der Waals surface area contributed by atoms with Gasteiger partial charge in [0.25, 0.3) is 0 Å². The molecular weight excluding hydrogens is 454 g/mol. The molecule has 0 saturated heterocycles. The van der Waals surface area contributed by atoms with Gasteiger partial charge in [-0.25, -0.2) is 4.98 Å². The van der Waals surface area contributed by atoms with Gasteiger partial charge in [0.05, 0.1) is 26.0 Å². The van der Waals surface area contributed by atoms with E-state index in [1.807, 2.05) is 30.3 Å². The fourth-order valence-corrected chi connectivity index (χ4v) is 4.25. The molecular formula is C29H33N3O4. The number of anilines is 1. The predicted octanol–water partition coefficient (Wildman–Crippen LogP) is 5.42. The maximum atomic E-state index is 10.3. The van der Waals surface area contributed by atoms with Gasteiger partial charge in [0, 0.05) is 47.6 Å². The van der Waals surface area contributed by atoms with Gasteiger partial charge in [0.15, 0.2) is 11.5 Å². The fraction of sp³-hybridized carbons (Fsp3) is 0.276. The summed E-state index contributed by atoms with van der Waals surface area (Å²) in [5.74, 6) is 1.66. The molecule has 1 aromatic heterocycles. The molecule has 4 aromatic rings. The molecule has 0 aliphatic carbocycles. The van der Waals surface area contributed by atoms with E-state index in [-0.39, 0.29) is 18.1 Å². The second kappa shape index (κ2) is 11.6. The second-order valence-corrected chi connectivity index (χ2v) is 8.39. The van der Waals surface area contributed by atoms with Gasteiger partial charge in [0.2, 0.25) is 0 Å². The number of aromatic hydroxyl groups is 1. The SMILES string of the molecule is CCN(CC)c1ccc(-c2nc(-c3cc(CO)c(O)c(OC)c3)[nH]c2CCOc2ccccc2)cc1. The van der Waals surface area contributed by atoms with Gasteiger partial charge in [-0.2, -0.15) is 0 Å². The van der Waals surface area contributed by atoms with Crippen molar-refractivity contribution >= 4 is 5.69 Å². The molecule has 188 valence electrons. The molecule has 0 radical (unpaired) electrons. The van der Waals surface area contributed by atoms with E-state index in [0.717, 1.165) is 35.8 Å². The molecule has 7 heteroatoms. The molecule has 3 N–H and O–H groups in total. The van der Waals surface area contributed by atoms with Crippen LogP contribution in [0.4, 0.5) is 5.69 Å². The molecule has 0 aliphatic heterocycles. The molecule has 0 saturated carbocycles. The lowest BCUT2D eigenvalue weighted by atomic mass is 10.1. The molecule has 0 atom stereocenters. The number of H-pyrrole nitrogens is 1. The largest absolute Gasteiger partial charge is 0.504 e. The van der Waals surface area contributed by atoms with Crippen LogP contribution in [0.15, 0.2) is 66.7 Å². The first-order valence-corrected chi connectivity index (χ1v) is 12.2. The van der Waals surface area contributed by atoms with Gasteiger partial charge < -0.3 is 29.6 Å². The summed E-state index contributed by atoms with van der Waals surface area (Å²) in [5.41, 5.74) is 5.03. The van der Waals surface area contributed by atoms with Crippen LogP contribution in [-0.2, 0) is 13.0 Å². The van der Waals surface area contributed by atoms with Crippen molar-refractivity contribution < 1.29 is 19.7 Å². The summed E-state index contributed by atoms with van der Waals surface area (Å²) in [4.78, 5) is 10.7. The van der Waals surface area contributed by atoms with Crippen molar-refractivity contribution in [2.75, 3.05) is 31.7 Å². The maximum Gasteiger partial charge on any atom is 0.163 e. The van der Waals surface area contributed by atoms with Gasteiger partial charge in [-0.1, -0.05) is 30.3 Å². The number of aromatic nitrogens is 2. The standard InChI is InChI=1S/C29H33N3O4/c1-4-32(5-2)23-13-11-20(12-14-23)27-25(15-16-36-24-9-7-6-8-10-24)30-29(31-27)21-17-22(19-33)28(34)26(18-21)35-3/h6-14,17-18,33-34H,4-5,15-16,19H2,1-3H3,(H,30,31). The number of imidazole rings is 1. The van der Waals surface area contributed by atoms with Crippen molar-refractivity contribution in [1.82, 2.24) is 9.97 Å². The minimum absolute atomic E-state index is 0.0704. The smallest absolute Gasteiger partial charge is 0.163 e. The van der Waals surface area contributed by atoms with Crippen LogP contribution in [0.3, 0.4) is 0 Å². The zero-order valence-corrected chi connectivity index (χ0v) is 21.0. The van der Waals surface area contributed by atoms with Gasteiger partial charge in [-0.3, -0.25) is 0 Å². The Morgan fingerprint density at radius 2 is 1.67 bits per heavy atom. The highest BCUT2D eigenvalue weighted by Gasteiger charge is 2.18. The number of ether oxygens (including phenoxy) is 2. The lowest BCUT2D eigenvalue weighted by molar-refractivity contribution is 0.272. The van der Waals surface area contributed by atoms with E-state index in [1.165, 1.54) is 12.8 Å². The van der Waals surface area contributed by atoms with Crippen LogP contribution in [0.1, 0.15) is 25.1 Å². The molecule has 36 heavy (non-hydrogen) atoms. The zero-order valence-electron chi connectivity index (χ0n) is 21.0. The van der Waals surface area contributed by atoms with Crippen molar-refractivity contribution in [3.8, 4) is 39.9 Å². The summed E-state index contributed by atoms with van der Waals surface area (Å²) in [7, 11) is 1.48. The average molecular weight is 488 g/mol. The van der Waals surface area contributed by atoms with E-state index in [4.69, 9.17) is 14.5 Å². The lowest BCUT2D eigenvalue weighted by Gasteiger charge is -2.21. The number of aliphatic hydroxyl groups excluding tert-OH is 1. The number of nitrogens with one attached hydrogen (secondary N) is 1. The normalized spacial score (nSPS) is 10.9. The average Bonchev–Trinajstić information content (AvgIpc) is 3.34. The van der Waals surface area contributed by atoms with E-state index in [0.29, 0.717) is 30.0 Å². The molecule has 4 rings (SSSR count). The van der Waals surface area contributed by atoms with E-state index in [1.54, 1.807) is 12.1 Å². The fourth-order valence-electron chi connectivity index (χ4n) is 4.25. The summed E-state index contributed by atoms with van der Waals surface area (Å²) in [5, 5.41) is 20.0. The number of aromatic amines is 1. The van der Waals surface area contributed by atoms with Crippen LogP contribution in [0.25, 0.3) is 22.6 Å². The predicted molar refractivity (Wildman–Crippen MR) is 143 cm³/mol. The highest BCUT2D eigenvalue weighted by molar-refractivity contribution is 5.71. The van der Waals surface area contributed by atoms with Crippen LogP contribution < -0.4 is 14.4 Å². The zero-order chi connectivity index (χ0) is 25.5. The van der Waals surface area contributed by atoms with Gasteiger partial charge >= 0.3 is 0 Å². The number of aliphatic hydroxyl groups is 1. The molecule has 0 bridgehead atoms. The number of nitrogens with zero attached hydrogens (tertiary/aromatic N) is 2. The summed E-state index contributed by atoms with van der Waals surface area (Å²) in [6.07, 6.45) is 0.622. The number of hydrogen-bond acceptors (Lipinski definition) is 6. The molecule has 0 unspecified atom stereocenters. The Morgan fingerprint density at radius 1 is 0.944 bits per heavy atom. The van der Waals surface area contributed by atoms with E-state index in [9.17, 15) is 10.2 Å². The Hall–Kier alpha value is -3.97. The molecule has 3 aromatic carbocycles. The van der Waals surface area contributed by atoms with Crippen molar-refractivity contribution in [2.45, 2.75) is 26.9 Å². The highest BCUT2D eigenvalue weighted by atomic mass is 16.5. The minimum Gasteiger partial charge on any atom is -0.504 e. The number of phenols is 1. The van der Waals surface area contributed by atoms with Gasteiger partial charge in [-0.15, -0.1) is 0 Å². The number of para-hydroxylation sites is 1. The first kappa shape index (κ1) is 25.1. The molecule has 1 heterocycles. The Bertz CT molecular complexity index is 1240. The van der Waals surface area contributed by atoms with Crippen molar-refractivity contribution in [3.63, 3.8) is 0 Å². The van der Waals surface area contributed by atoms with Crippen LogP contribution in [-0.4, -0.2) is 47.0 Å². The summed E-state index contributed by atoms with van der Waals surface area (Å²) in [6, 6.07) is 21.6. The Morgan fingerprint density at radius 3 is 2.31 bits per heavy atom. The van der Waals surface area contributed by atoms with Crippen LogP contribution in [0.2, 0.25) is 0 Å². The van der Waals surface area contributed by atoms with E-state index in [2.05, 4.69) is 48.0 Å². The third-order valence-electron chi connectivity index (χ3n) is 6.23. The third-order valence-corrected chi connectivity index (χ3v) is 6.23. The first-order chi connectivity index (χ1) is 17.6. The van der Waals surface area contributed by atoms with Crippen molar-refractivity contribution in [2.24, 2.45) is 0 Å². The number of rotatable bonds is 11. The number of benzene rings is 3. The van der Waals surface area contributed by atoms with Gasteiger partial charge in [0.1, 0.15) is 11.6 Å². The van der Waals surface area contributed by atoms with Crippen molar-refractivity contribution in [3.05, 3.63) is 78.0 Å². The number of methoxy groups -OCH3 is 1. The first-order valence-electron chi connectivity index (χ1n) is 12.2. The lowest BCUT2D eigenvalue weighted by Crippen LogP contribution is -2.21. The monoisotopic (exact) mass is 487 g/mol. The molecule has 0 amide bonds. The number of hydrogen-bond donors (Lipinski definition) is 3. The minimum atomic E-state index is -0.311. The van der Waals surface area contributed by atoms with Crippen molar-refractivity contribution in [1.29, 1.82) is 0 Å². The molecule has 7 nitrogen and oxygen atoms in total. The Labute approximate surface area is 212 Å². The Balaban J connectivity index is 1.70. The second-order valence-electron chi connectivity index (χ2n) is 8.39. The maximum absolute atomic E-state index is 10.3. The summed E-state index contributed by atoms with van der Waals surface area (Å²) < 4.78 is 11.3. The van der Waals surface area contributed by atoms with Gasteiger partial charge in [-0.05, 0) is 50.2 Å². The highest BCUT2D eigenvalue weighted by Crippen LogP contribution is 2.36. The molecule has 0 spiro atoms. The Kier molecular flexibility index (Phi) is 8.13. The van der Waals surface area contributed by atoms with Crippen LogP contribution in [0.5, 0.6) is 17.2 Å². The molecule has 0 aliphatic rings. The van der Waals surface area contributed by atoms with Crippen LogP contribution in [0, 0.1) is 0 Å². The third kappa shape index (κ3) is 5.47. The molecule has 0 fully saturated rings. The summed E-state index contributed by atoms with van der Waals surface area (Å²) in [6.45, 7) is 6.36.